The van der Waals surface area contributed by atoms with Gasteiger partial charge in [0.2, 0.25) is 0 Å². The standard InChI is InChI=1S/C18H22O4/c1-4-5-6-7-8-9-18(22-15(3)20)16-10-12-17(13-11-16)21-14(2)19/h4,6-7,10-13,18H,1,5,8-9H2,2-3H3/b7-6-. The Kier molecular flexibility index (Phi) is 7.68. The summed E-state index contributed by atoms with van der Waals surface area (Å²) in [4.78, 5) is 22.2. The van der Waals surface area contributed by atoms with E-state index in [1.807, 2.05) is 18.2 Å². The third-order valence-electron chi connectivity index (χ3n) is 2.89. The molecule has 22 heavy (non-hydrogen) atoms. The van der Waals surface area contributed by atoms with Crippen LogP contribution in [0, 0.1) is 0 Å². The van der Waals surface area contributed by atoms with Gasteiger partial charge in [-0.15, -0.1) is 6.58 Å². The summed E-state index contributed by atoms with van der Waals surface area (Å²) < 4.78 is 10.4. The molecule has 0 spiro atoms. The maximum Gasteiger partial charge on any atom is 0.308 e. The van der Waals surface area contributed by atoms with E-state index in [0.29, 0.717) is 12.2 Å². The molecule has 0 aliphatic carbocycles. The first kappa shape index (κ1) is 17.7. The smallest absolute Gasteiger partial charge is 0.308 e. The minimum Gasteiger partial charge on any atom is -0.458 e. The number of carbonyl (C=O) groups excluding carboxylic acids is 2. The number of allylic oxidation sites excluding steroid dienone is 3. The van der Waals surface area contributed by atoms with E-state index in [4.69, 9.17) is 9.47 Å². The molecule has 1 rings (SSSR count). The molecule has 0 bridgehead atoms. The largest absolute Gasteiger partial charge is 0.458 e. The summed E-state index contributed by atoms with van der Waals surface area (Å²) in [7, 11) is 0. The molecule has 4 nitrogen and oxygen atoms in total. The van der Waals surface area contributed by atoms with Gasteiger partial charge in [-0.2, -0.15) is 0 Å². The van der Waals surface area contributed by atoms with Crippen LogP contribution in [-0.4, -0.2) is 11.9 Å². The number of hydrogen-bond donors (Lipinski definition) is 0. The molecule has 0 amide bonds. The van der Waals surface area contributed by atoms with Crippen molar-refractivity contribution in [3.8, 4) is 5.75 Å². The molecule has 4 heteroatoms. The van der Waals surface area contributed by atoms with Crippen molar-refractivity contribution in [2.75, 3.05) is 0 Å². The summed E-state index contributed by atoms with van der Waals surface area (Å²) in [5.41, 5.74) is 0.878. The molecule has 0 radical (unpaired) electrons. The minimum absolute atomic E-state index is 0.308. The van der Waals surface area contributed by atoms with Gasteiger partial charge in [-0.3, -0.25) is 9.59 Å². The SMILES string of the molecule is C=CC/C=C\CCC(OC(C)=O)c1ccc(OC(C)=O)cc1. The van der Waals surface area contributed by atoms with Gasteiger partial charge in [-0.25, -0.2) is 0 Å². The summed E-state index contributed by atoms with van der Waals surface area (Å²) >= 11 is 0. The van der Waals surface area contributed by atoms with E-state index in [-0.39, 0.29) is 18.0 Å². The molecule has 118 valence electrons. The maximum atomic E-state index is 11.3. The van der Waals surface area contributed by atoms with E-state index >= 15 is 0 Å². The van der Waals surface area contributed by atoms with Crippen LogP contribution in [0.5, 0.6) is 5.75 Å². The van der Waals surface area contributed by atoms with E-state index in [9.17, 15) is 9.59 Å². The van der Waals surface area contributed by atoms with Crippen molar-refractivity contribution < 1.29 is 19.1 Å². The Bertz CT molecular complexity index is 529. The first-order valence-corrected chi connectivity index (χ1v) is 7.24. The van der Waals surface area contributed by atoms with Crippen LogP contribution in [0.1, 0.15) is 44.8 Å². The van der Waals surface area contributed by atoms with E-state index in [2.05, 4.69) is 6.58 Å². The van der Waals surface area contributed by atoms with E-state index in [0.717, 1.165) is 18.4 Å². The second-order valence-electron chi connectivity index (χ2n) is 4.83. The Hall–Kier alpha value is -2.36. The van der Waals surface area contributed by atoms with Gasteiger partial charge in [0.05, 0.1) is 0 Å². The fourth-order valence-electron chi connectivity index (χ4n) is 1.97. The first-order chi connectivity index (χ1) is 10.5. The predicted octanol–water partition coefficient (Wildman–Crippen LogP) is 4.13. The monoisotopic (exact) mass is 302 g/mol. The molecule has 1 unspecified atom stereocenters. The van der Waals surface area contributed by atoms with Gasteiger partial charge in [-0.05, 0) is 37.0 Å². The van der Waals surface area contributed by atoms with Gasteiger partial charge in [-0.1, -0.05) is 30.4 Å². The van der Waals surface area contributed by atoms with E-state index < -0.39 is 0 Å². The van der Waals surface area contributed by atoms with Crippen LogP contribution in [0.15, 0.2) is 49.1 Å². The molecule has 1 atom stereocenters. The lowest BCUT2D eigenvalue weighted by Crippen LogP contribution is -2.08. The van der Waals surface area contributed by atoms with E-state index in [1.54, 1.807) is 24.3 Å². The molecule has 0 saturated heterocycles. The highest BCUT2D eigenvalue weighted by atomic mass is 16.5. The van der Waals surface area contributed by atoms with Crippen molar-refractivity contribution in [1.82, 2.24) is 0 Å². The van der Waals surface area contributed by atoms with Crippen LogP contribution >= 0.6 is 0 Å². The van der Waals surface area contributed by atoms with Gasteiger partial charge >= 0.3 is 11.9 Å². The van der Waals surface area contributed by atoms with Crippen LogP contribution in [-0.2, 0) is 14.3 Å². The van der Waals surface area contributed by atoms with Crippen molar-refractivity contribution in [1.29, 1.82) is 0 Å². The van der Waals surface area contributed by atoms with Crippen LogP contribution in [0.2, 0.25) is 0 Å². The first-order valence-electron chi connectivity index (χ1n) is 7.24. The second-order valence-corrected chi connectivity index (χ2v) is 4.83. The number of hydrogen-bond acceptors (Lipinski definition) is 4. The zero-order valence-electron chi connectivity index (χ0n) is 13.1. The van der Waals surface area contributed by atoms with Crippen molar-refractivity contribution in [2.45, 2.75) is 39.2 Å². The Balaban J connectivity index is 2.71. The van der Waals surface area contributed by atoms with Gasteiger partial charge in [0.15, 0.2) is 0 Å². The third-order valence-corrected chi connectivity index (χ3v) is 2.89. The Labute approximate surface area is 131 Å². The van der Waals surface area contributed by atoms with Crippen molar-refractivity contribution in [3.63, 3.8) is 0 Å². The molecule has 1 aromatic rings. The van der Waals surface area contributed by atoms with Crippen molar-refractivity contribution in [2.24, 2.45) is 0 Å². The highest BCUT2D eigenvalue weighted by Crippen LogP contribution is 2.25. The number of benzene rings is 1. The Morgan fingerprint density at radius 2 is 1.82 bits per heavy atom. The zero-order valence-corrected chi connectivity index (χ0v) is 13.1. The van der Waals surface area contributed by atoms with Crippen LogP contribution < -0.4 is 4.74 Å². The highest BCUT2D eigenvalue weighted by molar-refractivity contribution is 5.69. The topological polar surface area (TPSA) is 52.6 Å². The van der Waals surface area contributed by atoms with E-state index in [1.165, 1.54) is 13.8 Å². The second kappa shape index (κ2) is 9.55. The quantitative estimate of drug-likeness (QED) is 0.411. The van der Waals surface area contributed by atoms with Crippen LogP contribution in [0.25, 0.3) is 0 Å². The molecular weight excluding hydrogens is 280 g/mol. The molecule has 0 N–H and O–H groups in total. The van der Waals surface area contributed by atoms with Gasteiger partial charge in [0.1, 0.15) is 11.9 Å². The molecule has 0 fully saturated rings. The summed E-state index contributed by atoms with van der Waals surface area (Å²) in [5, 5.41) is 0. The normalized spacial score (nSPS) is 11.9. The summed E-state index contributed by atoms with van der Waals surface area (Å²) in [6.07, 6.45) is 7.92. The average Bonchev–Trinajstić information content (AvgIpc) is 2.45. The molecule has 1 aromatic carbocycles. The molecule has 0 aromatic heterocycles. The van der Waals surface area contributed by atoms with Gasteiger partial charge < -0.3 is 9.47 Å². The Morgan fingerprint density at radius 3 is 2.36 bits per heavy atom. The average molecular weight is 302 g/mol. The number of esters is 2. The summed E-state index contributed by atoms with van der Waals surface area (Å²) in [6, 6.07) is 7.00. The van der Waals surface area contributed by atoms with Crippen LogP contribution in [0.4, 0.5) is 0 Å². The molecule has 0 saturated carbocycles. The number of rotatable bonds is 8. The molecule has 0 heterocycles. The summed E-state index contributed by atoms with van der Waals surface area (Å²) in [5.74, 6) is -0.204. The minimum atomic E-state index is -0.364. The fourth-order valence-corrected chi connectivity index (χ4v) is 1.97. The van der Waals surface area contributed by atoms with Crippen molar-refractivity contribution >= 4 is 11.9 Å². The lowest BCUT2D eigenvalue weighted by Gasteiger charge is -2.17. The zero-order chi connectivity index (χ0) is 16.4. The molecule has 0 aliphatic heterocycles. The lowest BCUT2D eigenvalue weighted by molar-refractivity contribution is -0.147. The van der Waals surface area contributed by atoms with Gasteiger partial charge in [0, 0.05) is 13.8 Å². The number of carbonyl (C=O) groups is 2. The maximum absolute atomic E-state index is 11.3. The summed E-state index contributed by atoms with van der Waals surface area (Å²) in [6.45, 7) is 6.40. The fraction of sp³-hybridized carbons (Fsp3) is 0.333. The van der Waals surface area contributed by atoms with Crippen molar-refractivity contribution in [3.05, 3.63) is 54.6 Å². The Morgan fingerprint density at radius 1 is 1.14 bits per heavy atom. The lowest BCUT2D eigenvalue weighted by atomic mass is 10.0. The predicted molar refractivity (Wildman–Crippen MR) is 85.4 cm³/mol. The number of ether oxygens (including phenoxy) is 2. The highest BCUT2D eigenvalue weighted by Gasteiger charge is 2.14. The third kappa shape index (κ3) is 6.88. The molecular formula is C18H22O4. The van der Waals surface area contributed by atoms with Gasteiger partial charge in [0.25, 0.3) is 0 Å². The van der Waals surface area contributed by atoms with Crippen LogP contribution in [0.3, 0.4) is 0 Å². The molecule has 0 aliphatic rings.